The zero-order valence-electron chi connectivity index (χ0n) is 9.23. The summed E-state index contributed by atoms with van der Waals surface area (Å²) in [7, 11) is 0. The van der Waals surface area contributed by atoms with Crippen molar-refractivity contribution < 1.29 is 9.90 Å². The Morgan fingerprint density at radius 1 is 1.56 bits per heavy atom. The number of hydrogen-bond donors (Lipinski definition) is 2. The number of anilines is 1. The van der Waals surface area contributed by atoms with Crippen molar-refractivity contribution in [1.82, 2.24) is 9.97 Å². The van der Waals surface area contributed by atoms with Crippen molar-refractivity contribution in [3.63, 3.8) is 0 Å². The average molecular weight is 221 g/mol. The summed E-state index contributed by atoms with van der Waals surface area (Å²) in [6.45, 7) is 2.00. The highest BCUT2D eigenvalue weighted by molar-refractivity contribution is 5.68. The number of carbonyl (C=O) groups is 1. The van der Waals surface area contributed by atoms with E-state index in [4.69, 9.17) is 10.8 Å². The zero-order chi connectivity index (χ0) is 11.7. The van der Waals surface area contributed by atoms with E-state index in [1.54, 1.807) is 0 Å². The van der Waals surface area contributed by atoms with Crippen LogP contribution in [0.4, 0.5) is 5.95 Å². The molecule has 86 valence electrons. The van der Waals surface area contributed by atoms with Crippen molar-refractivity contribution in [3.8, 4) is 0 Å². The van der Waals surface area contributed by atoms with Gasteiger partial charge in [0, 0.05) is 11.4 Å². The van der Waals surface area contributed by atoms with Crippen LogP contribution in [0.5, 0.6) is 0 Å². The molecule has 1 atom stereocenters. The van der Waals surface area contributed by atoms with Crippen LogP contribution in [-0.2, 0) is 17.6 Å². The molecule has 1 aliphatic rings. The first kappa shape index (κ1) is 10.9. The van der Waals surface area contributed by atoms with E-state index in [1.165, 1.54) is 0 Å². The second-order valence-electron chi connectivity index (χ2n) is 4.08. The monoisotopic (exact) mass is 221 g/mol. The molecular weight excluding hydrogens is 206 g/mol. The van der Waals surface area contributed by atoms with Gasteiger partial charge in [-0.15, -0.1) is 0 Å². The number of aryl methyl sites for hydroxylation is 2. The molecule has 0 fully saturated rings. The van der Waals surface area contributed by atoms with Gasteiger partial charge < -0.3 is 10.8 Å². The second kappa shape index (κ2) is 4.08. The summed E-state index contributed by atoms with van der Waals surface area (Å²) in [5, 5.41) is 8.85. The maximum absolute atomic E-state index is 10.8. The lowest BCUT2D eigenvalue weighted by Crippen LogP contribution is -2.09. The van der Waals surface area contributed by atoms with Gasteiger partial charge in [-0.05, 0) is 30.7 Å². The first-order chi connectivity index (χ1) is 7.61. The molecule has 0 bridgehead atoms. The molecule has 0 radical (unpaired) electrons. The Hall–Kier alpha value is -1.65. The van der Waals surface area contributed by atoms with Crippen molar-refractivity contribution in [2.75, 3.05) is 5.73 Å². The fourth-order valence-corrected chi connectivity index (χ4v) is 2.39. The SMILES string of the molecule is CCc1nc(N)nc2c1C(CC(=O)O)CC2. The Morgan fingerprint density at radius 2 is 2.31 bits per heavy atom. The molecule has 16 heavy (non-hydrogen) atoms. The minimum Gasteiger partial charge on any atom is -0.481 e. The molecule has 1 heterocycles. The Labute approximate surface area is 93.7 Å². The van der Waals surface area contributed by atoms with Crippen molar-refractivity contribution in [2.45, 2.75) is 38.5 Å². The summed E-state index contributed by atoms with van der Waals surface area (Å²) < 4.78 is 0. The Balaban J connectivity index is 2.40. The first-order valence-corrected chi connectivity index (χ1v) is 5.48. The van der Waals surface area contributed by atoms with Crippen LogP contribution in [0.1, 0.15) is 42.6 Å². The first-order valence-electron chi connectivity index (χ1n) is 5.48. The summed E-state index contributed by atoms with van der Waals surface area (Å²) in [5.74, 6) is -0.411. The molecule has 5 heteroatoms. The highest BCUT2D eigenvalue weighted by Crippen LogP contribution is 2.36. The largest absolute Gasteiger partial charge is 0.481 e. The molecule has 0 saturated carbocycles. The van der Waals surface area contributed by atoms with E-state index in [2.05, 4.69) is 9.97 Å². The zero-order valence-corrected chi connectivity index (χ0v) is 9.23. The smallest absolute Gasteiger partial charge is 0.303 e. The van der Waals surface area contributed by atoms with E-state index in [0.717, 1.165) is 36.2 Å². The number of nitrogens with zero attached hydrogens (tertiary/aromatic N) is 2. The van der Waals surface area contributed by atoms with Gasteiger partial charge in [-0.25, -0.2) is 9.97 Å². The van der Waals surface area contributed by atoms with Crippen LogP contribution >= 0.6 is 0 Å². The van der Waals surface area contributed by atoms with Gasteiger partial charge in [-0.2, -0.15) is 0 Å². The molecule has 0 spiro atoms. The van der Waals surface area contributed by atoms with Gasteiger partial charge in [0.2, 0.25) is 5.95 Å². The van der Waals surface area contributed by atoms with Crippen molar-refractivity contribution in [3.05, 3.63) is 17.0 Å². The van der Waals surface area contributed by atoms with Crippen LogP contribution in [0, 0.1) is 0 Å². The Morgan fingerprint density at radius 3 is 2.94 bits per heavy atom. The van der Waals surface area contributed by atoms with E-state index < -0.39 is 5.97 Å². The van der Waals surface area contributed by atoms with Gasteiger partial charge in [0.05, 0.1) is 6.42 Å². The van der Waals surface area contributed by atoms with Crippen LogP contribution in [0.2, 0.25) is 0 Å². The number of rotatable bonds is 3. The molecule has 1 unspecified atom stereocenters. The molecule has 2 rings (SSSR count). The van der Waals surface area contributed by atoms with Gasteiger partial charge in [-0.3, -0.25) is 4.79 Å². The van der Waals surface area contributed by atoms with Crippen LogP contribution in [0.25, 0.3) is 0 Å². The quantitative estimate of drug-likeness (QED) is 0.798. The predicted molar refractivity (Wildman–Crippen MR) is 59.1 cm³/mol. The molecule has 0 aliphatic heterocycles. The van der Waals surface area contributed by atoms with Gasteiger partial charge >= 0.3 is 5.97 Å². The molecule has 0 amide bonds. The van der Waals surface area contributed by atoms with Gasteiger partial charge in [0.25, 0.3) is 0 Å². The summed E-state index contributed by atoms with van der Waals surface area (Å²) >= 11 is 0. The van der Waals surface area contributed by atoms with Crippen molar-refractivity contribution >= 4 is 11.9 Å². The number of aliphatic carboxylic acids is 1. The predicted octanol–water partition coefficient (Wildman–Crippen LogP) is 1.13. The van der Waals surface area contributed by atoms with Crippen LogP contribution in [0.3, 0.4) is 0 Å². The van der Waals surface area contributed by atoms with Gasteiger partial charge in [0.1, 0.15) is 0 Å². The molecule has 1 aliphatic carbocycles. The van der Waals surface area contributed by atoms with Crippen LogP contribution in [-0.4, -0.2) is 21.0 Å². The Kier molecular flexibility index (Phi) is 2.77. The molecular formula is C11H15N3O2. The number of hydrogen-bond acceptors (Lipinski definition) is 4. The standard InChI is InChI=1S/C11H15N3O2/c1-2-7-10-6(5-9(15)16)3-4-8(10)14-11(12)13-7/h6H,2-5H2,1H3,(H,15,16)(H2,12,13,14). The minimum atomic E-state index is -0.767. The lowest BCUT2D eigenvalue weighted by Gasteiger charge is -2.12. The molecule has 5 nitrogen and oxygen atoms in total. The number of carboxylic acids is 1. The maximum Gasteiger partial charge on any atom is 0.303 e. The topological polar surface area (TPSA) is 89.1 Å². The van der Waals surface area contributed by atoms with Gasteiger partial charge in [0.15, 0.2) is 0 Å². The number of nitrogen functional groups attached to an aromatic ring is 1. The van der Waals surface area contributed by atoms with Gasteiger partial charge in [-0.1, -0.05) is 6.92 Å². The number of nitrogens with two attached hydrogens (primary N) is 1. The van der Waals surface area contributed by atoms with E-state index in [1.807, 2.05) is 6.92 Å². The average Bonchev–Trinajstić information content (AvgIpc) is 2.59. The summed E-state index contributed by atoms with van der Waals surface area (Å²) in [4.78, 5) is 19.2. The van der Waals surface area contributed by atoms with E-state index in [-0.39, 0.29) is 12.3 Å². The summed E-state index contributed by atoms with van der Waals surface area (Å²) in [6, 6.07) is 0. The van der Waals surface area contributed by atoms with Crippen LogP contribution < -0.4 is 5.73 Å². The third-order valence-corrected chi connectivity index (χ3v) is 3.01. The molecule has 3 N–H and O–H groups in total. The molecule has 1 aromatic heterocycles. The fraction of sp³-hybridized carbons (Fsp3) is 0.545. The van der Waals surface area contributed by atoms with E-state index in [0.29, 0.717) is 5.95 Å². The Bertz CT molecular complexity index is 431. The molecule has 1 aromatic rings. The van der Waals surface area contributed by atoms with E-state index in [9.17, 15) is 4.79 Å². The third-order valence-electron chi connectivity index (χ3n) is 3.01. The third kappa shape index (κ3) is 1.85. The summed E-state index contributed by atoms with van der Waals surface area (Å²) in [6.07, 6.45) is 2.58. The lowest BCUT2D eigenvalue weighted by molar-refractivity contribution is -0.137. The van der Waals surface area contributed by atoms with Crippen molar-refractivity contribution in [2.24, 2.45) is 0 Å². The second-order valence-corrected chi connectivity index (χ2v) is 4.08. The maximum atomic E-state index is 10.8. The fourth-order valence-electron chi connectivity index (χ4n) is 2.39. The molecule has 0 saturated heterocycles. The normalized spacial score (nSPS) is 18.4. The number of carboxylic acid groups (broad SMARTS) is 1. The molecule has 0 aromatic carbocycles. The summed E-state index contributed by atoms with van der Waals surface area (Å²) in [5.41, 5.74) is 8.49. The highest BCUT2D eigenvalue weighted by atomic mass is 16.4. The van der Waals surface area contributed by atoms with Crippen LogP contribution in [0.15, 0.2) is 0 Å². The number of fused-ring (bicyclic) bond motifs is 1. The van der Waals surface area contributed by atoms with Crippen molar-refractivity contribution in [1.29, 1.82) is 0 Å². The minimum absolute atomic E-state index is 0.0584. The van der Waals surface area contributed by atoms with E-state index >= 15 is 0 Å². The number of aromatic nitrogens is 2. The highest BCUT2D eigenvalue weighted by Gasteiger charge is 2.29. The lowest BCUT2D eigenvalue weighted by atomic mass is 9.96.